The van der Waals surface area contributed by atoms with Crippen LogP contribution in [0.2, 0.25) is 0 Å². The number of hydrogen-bond donors (Lipinski definition) is 1. The van der Waals surface area contributed by atoms with Crippen LogP contribution in [0.4, 0.5) is 0 Å². The lowest BCUT2D eigenvalue weighted by Crippen LogP contribution is -2.31. The summed E-state index contributed by atoms with van der Waals surface area (Å²) in [4.78, 5) is 26.3. The van der Waals surface area contributed by atoms with Crippen molar-refractivity contribution in [3.8, 4) is 5.75 Å². The number of aromatic carboxylic acids is 1. The summed E-state index contributed by atoms with van der Waals surface area (Å²) < 4.78 is 5.41. The lowest BCUT2D eigenvalue weighted by molar-refractivity contribution is 0.0694. The van der Waals surface area contributed by atoms with E-state index in [0.717, 1.165) is 17.7 Å². The Morgan fingerprint density at radius 2 is 1.82 bits per heavy atom. The minimum atomic E-state index is -0.947. The van der Waals surface area contributed by atoms with E-state index in [-0.39, 0.29) is 11.5 Å². The minimum absolute atomic E-state index is 0.0582. The normalized spacial score (nSPS) is 14.1. The third kappa shape index (κ3) is 4.53. The molecule has 1 amide bonds. The van der Waals surface area contributed by atoms with Crippen LogP contribution < -0.4 is 4.74 Å². The molecule has 1 N–H and O–H groups in total. The molecule has 1 saturated carbocycles. The monoisotopic (exact) mass is 381 g/mol. The van der Waals surface area contributed by atoms with Crippen molar-refractivity contribution >= 4 is 11.9 Å². The number of carbonyl (C=O) groups excluding carboxylic acids is 1. The van der Waals surface area contributed by atoms with E-state index in [4.69, 9.17) is 4.74 Å². The number of nitrogens with zero attached hydrogens (tertiary/aromatic N) is 1. The molecule has 2 aromatic rings. The summed E-state index contributed by atoms with van der Waals surface area (Å²) in [5, 5.41) is 9.40. The number of carboxylic acid groups (broad SMARTS) is 1. The van der Waals surface area contributed by atoms with Crippen molar-refractivity contribution in [3.63, 3.8) is 0 Å². The molecule has 3 rings (SSSR count). The van der Waals surface area contributed by atoms with E-state index in [9.17, 15) is 14.7 Å². The third-order valence-electron chi connectivity index (χ3n) is 5.49. The third-order valence-corrected chi connectivity index (χ3v) is 5.49. The van der Waals surface area contributed by atoms with Crippen LogP contribution in [0.25, 0.3) is 0 Å². The summed E-state index contributed by atoms with van der Waals surface area (Å²) in [6, 6.07) is 12.4. The van der Waals surface area contributed by atoms with Gasteiger partial charge in [0.05, 0.1) is 18.2 Å². The zero-order chi connectivity index (χ0) is 20.1. The summed E-state index contributed by atoms with van der Waals surface area (Å²) in [5.41, 5.74) is 2.41. The van der Waals surface area contributed by atoms with Gasteiger partial charge in [0.2, 0.25) is 0 Å². The van der Waals surface area contributed by atoms with Gasteiger partial charge in [-0.1, -0.05) is 37.1 Å². The molecule has 0 unspecified atom stereocenters. The Morgan fingerprint density at radius 1 is 1.11 bits per heavy atom. The summed E-state index contributed by atoms with van der Waals surface area (Å²) in [7, 11) is 3.40. The number of carboxylic acids is 1. The average Bonchev–Trinajstić information content (AvgIpc) is 3.20. The van der Waals surface area contributed by atoms with Gasteiger partial charge < -0.3 is 14.7 Å². The molecule has 0 aromatic heterocycles. The predicted octanol–water partition coefficient (Wildman–Crippen LogP) is 4.25. The highest BCUT2D eigenvalue weighted by molar-refractivity contribution is 5.97. The van der Waals surface area contributed by atoms with Gasteiger partial charge in [0.1, 0.15) is 5.75 Å². The van der Waals surface area contributed by atoms with E-state index in [2.05, 4.69) is 0 Å². The van der Waals surface area contributed by atoms with Crippen LogP contribution in [0, 0.1) is 5.92 Å². The Labute approximate surface area is 165 Å². The Bertz CT molecular complexity index is 855. The molecule has 0 aliphatic heterocycles. The molecule has 28 heavy (non-hydrogen) atoms. The van der Waals surface area contributed by atoms with Crippen molar-refractivity contribution in [1.82, 2.24) is 4.90 Å². The lowest BCUT2D eigenvalue weighted by atomic mass is 9.97. The summed E-state index contributed by atoms with van der Waals surface area (Å²) >= 11 is 0. The SMILES string of the molecule is COc1ccc(Cc2ccccc2C(=O)O)cc1C(=O)N(C)CC1CCCC1. The first-order chi connectivity index (χ1) is 13.5. The molecule has 0 spiro atoms. The second-order valence-corrected chi connectivity index (χ2v) is 7.51. The van der Waals surface area contributed by atoms with E-state index in [1.54, 1.807) is 36.3 Å². The molecule has 0 saturated heterocycles. The number of amides is 1. The van der Waals surface area contributed by atoms with Gasteiger partial charge in [-0.25, -0.2) is 4.79 Å². The van der Waals surface area contributed by atoms with E-state index in [1.807, 2.05) is 25.2 Å². The van der Waals surface area contributed by atoms with Crippen LogP contribution in [0.3, 0.4) is 0 Å². The molecule has 5 nitrogen and oxygen atoms in total. The first-order valence-electron chi connectivity index (χ1n) is 9.73. The average molecular weight is 381 g/mol. The Kier molecular flexibility index (Phi) is 6.34. The standard InChI is InChI=1S/C23H27NO4/c1-24(15-16-7-3-4-8-16)22(25)20-14-17(11-12-21(20)28-2)13-18-9-5-6-10-19(18)23(26)27/h5-6,9-12,14,16H,3-4,7-8,13,15H2,1-2H3,(H,26,27). The van der Waals surface area contributed by atoms with Crippen LogP contribution in [0.15, 0.2) is 42.5 Å². The number of rotatable bonds is 7. The predicted molar refractivity (Wildman–Crippen MR) is 108 cm³/mol. The topological polar surface area (TPSA) is 66.8 Å². The molecule has 1 aliphatic carbocycles. The first kappa shape index (κ1) is 19.9. The van der Waals surface area contributed by atoms with Crippen molar-refractivity contribution < 1.29 is 19.4 Å². The van der Waals surface area contributed by atoms with Gasteiger partial charge in [-0.2, -0.15) is 0 Å². The van der Waals surface area contributed by atoms with Gasteiger partial charge in [0.15, 0.2) is 0 Å². The second kappa shape index (κ2) is 8.91. The molecule has 1 aliphatic rings. The molecule has 0 heterocycles. The first-order valence-corrected chi connectivity index (χ1v) is 9.73. The quantitative estimate of drug-likeness (QED) is 0.779. The molecule has 0 atom stereocenters. The Hall–Kier alpha value is -2.82. The molecule has 0 radical (unpaired) electrons. The van der Waals surface area contributed by atoms with Crippen molar-refractivity contribution in [1.29, 1.82) is 0 Å². The molecular weight excluding hydrogens is 354 g/mol. The highest BCUT2D eigenvalue weighted by atomic mass is 16.5. The Balaban J connectivity index is 1.83. The van der Waals surface area contributed by atoms with E-state index in [1.165, 1.54) is 25.7 Å². The van der Waals surface area contributed by atoms with Gasteiger partial charge in [0, 0.05) is 13.6 Å². The highest BCUT2D eigenvalue weighted by Crippen LogP contribution is 2.27. The number of hydrogen-bond acceptors (Lipinski definition) is 3. The highest BCUT2D eigenvalue weighted by Gasteiger charge is 2.22. The van der Waals surface area contributed by atoms with Crippen molar-refractivity contribution in [3.05, 3.63) is 64.7 Å². The molecule has 148 valence electrons. The number of benzene rings is 2. The number of methoxy groups -OCH3 is 1. The van der Waals surface area contributed by atoms with Crippen LogP contribution >= 0.6 is 0 Å². The van der Waals surface area contributed by atoms with Crippen LogP contribution in [-0.4, -0.2) is 42.6 Å². The molecule has 2 aromatic carbocycles. The van der Waals surface area contributed by atoms with E-state index < -0.39 is 5.97 Å². The molecule has 1 fully saturated rings. The van der Waals surface area contributed by atoms with Gasteiger partial charge in [-0.05, 0) is 54.5 Å². The summed E-state index contributed by atoms with van der Waals surface area (Å²) in [6.45, 7) is 0.758. The maximum atomic E-state index is 13.0. The van der Waals surface area contributed by atoms with Gasteiger partial charge >= 0.3 is 5.97 Å². The smallest absolute Gasteiger partial charge is 0.335 e. The van der Waals surface area contributed by atoms with Gasteiger partial charge in [-0.15, -0.1) is 0 Å². The maximum Gasteiger partial charge on any atom is 0.335 e. The van der Waals surface area contributed by atoms with Crippen molar-refractivity contribution in [2.24, 2.45) is 5.92 Å². The summed E-state index contributed by atoms with van der Waals surface area (Å²) in [5.74, 6) is 0.109. The molecule has 0 bridgehead atoms. The zero-order valence-corrected chi connectivity index (χ0v) is 16.5. The van der Waals surface area contributed by atoms with Crippen molar-refractivity contribution in [2.75, 3.05) is 20.7 Å². The Morgan fingerprint density at radius 3 is 2.50 bits per heavy atom. The van der Waals surface area contributed by atoms with E-state index >= 15 is 0 Å². The fourth-order valence-electron chi connectivity index (χ4n) is 4.00. The number of carbonyl (C=O) groups is 2. The summed E-state index contributed by atoms with van der Waals surface area (Å²) in [6.07, 6.45) is 5.30. The fourth-order valence-corrected chi connectivity index (χ4v) is 4.00. The molecule has 5 heteroatoms. The molecular formula is C23H27NO4. The van der Waals surface area contributed by atoms with Gasteiger partial charge in [-0.3, -0.25) is 4.79 Å². The van der Waals surface area contributed by atoms with Gasteiger partial charge in [0.25, 0.3) is 5.91 Å². The minimum Gasteiger partial charge on any atom is -0.496 e. The second-order valence-electron chi connectivity index (χ2n) is 7.51. The van der Waals surface area contributed by atoms with Crippen LogP contribution in [0.5, 0.6) is 5.75 Å². The fraction of sp³-hybridized carbons (Fsp3) is 0.391. The lowest BCUT2D eigenvalue weighted by Gasteiger charge is -2.22. The van der Waals surface area contributed by atoms with Crippen LogP contribution in [-0.2, 0) is 6.42 Å². The van der Waals surface area contributed by atoms with E-state index in [0.29, 0.717) is 23.7 Å². The largest absolute Gasteiger partial charge is 0.496 e. The van der Waals surface area contributed by atoms with Crippen molar-refractivity contribution in [2.45, 2.75) is 32.1 Å². The maximum absolute atomic E-state index is 13.0. The van der Waals surface area contributed by atoms with Crippen LogP contribution in [0.1, 0.15) is 57.5 Å². The zero-order valence-electron chi connectivity index (χ0n) is 16.5. The number of ether oxygens (including phenoxy) is 1.